The highest BCUT2D eigenvalue weighted by atomic mass is 35.5. The molecule has 0 aliphatic rings. The van der Waals surface area contributed by atoms with Gasteiger partial charge in [0.05, 0.1) is 18.1 Å². The Morgan fingerprint density at radius 2 is 2.24 bits per heavy atom. The van der Waals surface area contributed by atoms with E-state index in [1.165, 1.54) is 13.2 Å². The van der Waals surface area contributed by atoms with Gasteiger partial charge >= 0.3 is 5.97 Å². The number of benzene rings is 1. The molecule has 1 N–H and O–H groups in total. The van der Waals surface area contributed by atoms with Crippen molar-refractivity contribution in [3.8, 4) is 5.75 Å². The van der Waals surface area contributed by atoms with Gasteiger partial charge in [-0.2, -0.15) is 0 Å². The highest BCUT2D eigenvalue weighted by Gasteiger charge is 2.20. The fourth-order valence-corrected chi connectivity index (χ4v) is 1.88. The minimum Gasteiger partial charge on any atom is -0.496 e. The molecule has 1 atom stereocenters. The molecule has 5 heteroatoms. The summed E-state index contributed by atoms with van der Waals surface area (Å²) in [5.41, 5.74) is 1.00. The maximum Gasteiger partial charge on any atom is 0.306 e. The average molecular weight is 261 g/mol. The van der Waals surface area contributed by atoms with E-state index in [0.717, 1.165) is 0 Å². The molecule has 0 spiro atoms. The van der Waals surface area contributed by atoms with Gasteiger partial charge in [0.25, 0.3) is 0 Å². The third-order valence-electron chi connectivity index (χ3n) is 2.59. The highest BCUT2D eigenvalue weighted by Crippen LogP contribution is 2.34. The zero-order chi connectivity index (χ0) is 13.2. The summed E-state index contributed by atoms with van der Waals surface area (Å²) >= 11 is 5.85. The molecule has 1 aromatic carbocycles. The first-order valence-corrected chi connectivity index (χ1v) is 5.50. The Kier molecular flexibility index (Phi) is 4.34. The van der Waals surface area contributed by atoms with E-state index in [0.29, 0.717) is 16.9 Å². The third kappa shape index (κ3) is 2.88. The number of hydrogen-bond acceptors (Lipinski definition) is 2. The maximum absolute atomic E-state index is 13.5. The second-order valence-corrected chi connectivity index (χ2v) is 4.32. The Labute approximate surface area is 104 Å². The molecule has 1 rings (SSSR count). The van der Waals surface area contributed by atoms with Crippen LogP contribution in [0.25, 0.3) is 0 Å². The van der Waals surface area contributed by atoms with Crippen molar-refractivity contribution in [2.24, 2.45) is 5.92 Å². The first-order valence-electron chi connectivity index (χ1n) is 5.12. The topological polar surface area (TPSA) is 46.5 Å². The van der Waals surface area contributed by atoms with E-state index in [4.69, 9.17) is 21.4 Å². The van der Waals surface area contributed by atoms with Crippen molar-refractivity contribution in [2.45, 2.75) is 20.3 Å². The smallest absolute Gasteiger partial charge is 0.306 e. The Morgan fingerprint density at radius 3 is 2.71 bits per heavy atom. The largest absolute Gasteiger partial charge is 0.496 e. The van der Waals surface area contributed by atoms with Gasteiger partial charge in [-0.15, -0.1) is 0 Å². The molecule has 0 amide bonds. The highest BCUT2D eigenvalue weighted by molar-refractivity contribution is 6.31. The van der Waals surface area contributed by atoms with Crippen molar-refractivity contribution in [3.63, 3.8) is 0 Å². The van der Waals surface area contributed by atoms with Crippen molar-refractivity contribution in [1.82, 2.24) is 0 Å². The molecular weight excluding hydrogens is 247 g/mol. The molecule has 94 valence electrons. The van der Waals surface area contributed by atoms with Crippen LogP contribution in [0, 0.1) is 18.7 Å². The first kappa shape index (κ1) is 13.8. The zero-order valence-electron chi connectivity index (χ0n) is 9.88. The second-order valence-electron chi connectivity index (χ2n) is 3.94. The molecule has 0 aliphatic heterocycles. The van der Waals surface area contributed by atoms with Gasteiger partial charge in [-0.05, 0) is 25.0 Å². The lowest BCUT2D eigenvalue weighted by atomic mass is 9.98. The number of aryl methyl sites for hydroxylation is 1. The van der Waals surface area contributed by atoms with Gasteiger partial charge < -0.3 is 9.84 Å². The summed E-state index contributed by atoms with van der Waals surface area (Å²) in [5.74, 6) is -1.71. The Bertz CT molecular complexity index is 446. The van der Waals surface area contributed by atoms with Crippen LogP contribution in [0.5, 0.6) is 5.75 Å². The van der Waals surface area contributed by atoms with Gasteiger partial charge in [-0.25, -0.2) is 4.39 Å². The number of carboxylic acids is 1. The fourth-order valence-electron chi connectivity index (χ4n) is 1.66. The molecule has 0 saturated carbocycles. The molecule has 0 aromatic heterocycles. The monoisotopic (exact) mass is 260 g/mol. The number of rotatable bonds is 4. The van der Waals surface area contributed by atoms with E-state index in [-0.39, 0.29) is 11.4 Å². The molecule has 1 aromatic rings. The van der Waals surface area contributed by atoms with Crippen molar-refractivity contribution in [1.29, 1.82) is 0 Å². The second kappa shape index (κ2) is 5.36. The predicted molar refractivity (Wildman–Crippen MR) is 63.2 cm³/mol. The SMILES string of the molecule is COc1c(C)cc(F)c(Cl)c1CC(C)C(=O)O. The molecule has 17 heavy (non-hydrogen) atoms. The van der Waals surface area contributed by atoms with Crippen molar-refractivity contribution < 1.29 is 19.0 Å². The van der Waals surface area contributed by atoms with Gasteiger partial charge in [0.15, 0.2) is 0 Å². The maximum atomic E-state index is 13.5. The Morgan fingerprint density at radius 1 is 1.65 bits per heavy atom. The van der Waals surface area contributed by atoms with Crippen molar-refractivity contribution in [3.05, 3.63) is 28.0 Å². The number of aliphatic carboxylic acids is 1. The lowest BCUT2D eigenvalue weighted by molar-refractivity contribution is -0.141. The Hall–Kier alpha value is -1.29. The van der Waals surface area contributed by atoms with Crippen LogP contribution in [0.4, 0.5) is 4.39 Å². The van der Waals surface area contributed by atoms with Gasteiger partial charge in [0.1, 0.15) is 11.6 Å². The first-order chi connectivity index (χ1) is 7.88. The zero-order valence-corrected chi connectivity index (χ0v) is 10.6. The predicted octanol–water partition coefficient (Wildman–Crippen LogP) is 3.06. The Balaban J connectivity index is 3.25. The summed E-state index contributed by atoms with van der Waals surface area (Å²) in [4.78, 5) is 10.8. The van der Waals surface area contributed by atoms with Gasteiger partial charge in [0.2, 0.25) is 0 Å². The lowest BCUT2D eigenvalue weighted by Gasteiger charge is -2.15. The molecule has 0 radical (unpaired) electrons. The van der Waals surface area contributed by atoms with Gasteiger partial charge in [0, 0.05) is 5.56 Å². The molecule has 3 nitrogen and oxygen atoms in total. The lowest BCUT2D eigenvalue weighted by Crippen LogP contribution is -2.14. The molecule has 0 aliphatic carbocycles. The number of carboxylic acid groups (broad SMARTS) is 1. The summed E-state index contributed by atoms with van der Waals surface area (Å²) < 4.78 is 18.6. The van der Waals surface area contributed by atoms with Crippen LogP contribution in [-0.4, -0.2) is 18.2 Å². The number of ether oxygens (including phenoxy) is 1. The van der Waals surface area contributed by atoms with E-state index in [9.17, 15) is 9.18 Å². The van der Waals surface area contributed by atoms with E-state index < -0.39 is 17.7 Å². The van der Waals surface area contributed by atoms with Crippen LogP contribution >= 0.6 is 11.6 Å². The summed E-state index contributed by atoms with van der Waals surface area (Å²) in [5, 5.41) is 8.79. The van der Waals surface area contributed by atoms with Gasteiger partial charge in [-0.3, -0.25) is 4.79 Å². The fraction of sp³-hybridized carbons (Fsp3) is 0.417. The van der Waals surface area contributed by atoms with Gasteiger partial charge in [-0.1, -0.05) is 18.5 Å². The quantitative estimate of drug-likeness (QED) is 0.905. The van der Waals surface area contributed by atoms with Crippen LogP contribution in [0.2, 0.25) is 5.02 Å². The van der Waals surface area contributed by atoms with Crippen LogP contribution in [-0.2, 0) is 11.2 Å². The molecule has 0 saturated heterocycles. The molecule has 0 fully saturated rings. The van der Waals surface area contributed by atoms with Crippen LogP contribution < -0.4 is 4.74 Å². The summed E-state index contributed by atoms with van der Waals surface area (Å²) in [6, 6.07) is 1.27. The summed E-state index contributed by atoms with van der Waals surface area (Å²) in [6.45, 7) is 3.23. The molecule has 1 unspecified atom stereocenters. The summed E-state index contributed by atoms with van der Waals surface area (Å²) in [7, 11) is 1.45. The van der Waals surface area contributed by atoms with Crippen LogP contribution in [0.1, 0.15) is 18.1 Å². The number of halogens is 2. The van der Waals surface area contributed by atoms with Crippen LogP contribution in [0.3, 0.4) is 0 Å². The minimum absolute atomic E-state index is 0.0689. The summed E-state index contributed by atoms with van der Waals surface area (Å²) in [6.07, 6.45) is 0.135. The molecular formula is C12H14ClFO3. The van der Waals surface area contributed by atoms with E-state index in [2.05, 4.69) is 0 Å². The minimum atomic E-state index is -0.954. The number of hydrogen-bond donors (Lipinski definition) is 1. The number of methoxy groups -OCH3 is 1. The van der Waals surface area contributed by atoms with Crippen molar-refractivity contribution in [2.75, 3.05) is 7.11 Å². The number of carbonyl (C=O) groups is 1. The van der Waals surface area contributed by atoms with Crippen molar-refractivity contribution >= 4 is 17.6 Å². The van der Waals surface area contributed by atoms with E-state index in [1.54, 1.807) is 13.8 Å². The van der Waals surface area contributed by atoms with Crippen LogP contribution in [0.15, 0.2) is 6.07 Å². The molecule has 0 bridgehead atoms. The van der Waals surface area contributed by atoms with E-state index in [1.807, 2.05) is 0 Å². The standard InChI is InChI=1S/C12H14ClFO3/c1-6-5-9(14)10(13)8(11(6)17-3)4-7(2)12(15)16/h5,7H,4H2,1-3H3,(H,15,16). The van der Waals surface area contributed by atoms with E-state index >= 15 is 0 Å². The third-order valence-corrected chi connectivity index (χ3v) is 2.99. The molecule has 0 heterocycles. The normalized spacial score (nSPS) is 12.3. The average Bonchev–Trinajstić information content (AvgIpc) is 2.25.